The van der Waals surface area contributed by atoms with Crippen LogP contribution in [0.1, 0.15) is 17.9 Å². The highest BCUT2D eigenvalue weighted by Crippen LogP contribution is 2.22. The fourth-order valence-corrected chi connectivity index (χ4v) is 2.64. The first kappa shape index (κ1) is 17.9. The molecule has 0 saturated carbocycles. The zero-order valence-corrected chi connectivity index (χ0v) is 15.0. The molecule has 0 bridgehead atoms. The molecule has 1 amide bonds. The summed E-state index contributed by atoms with van der Waals surface area (Å²) in [5.74, 6) is 1.32. The molecule has 2 aromatic carbocycles. The van der Waals surface area contributed by atoms with E-state index in [0.29, 0.717) is 35.4 Å². The van der Waals surface area contributed by atoms with Gasteiger partial charge in [-0.2, -0.15) is 0 Å². The van der Waals surface area contributed by atoms with Gasteiger partial charge in [-0.15, -0.1) is 10.2 Å². The van der Waals surface area contributed by atoms with Gasteiger partial charge in [-0.25, -0.2) is 0 Å². The van der Waals surface area contributed by atoms with Gasteiger partial charge < -0.3 is 14.5 Å². The molecule has 1 N–H and O–H groups in total. The van der Waals surface area contributed by atoms with Crippen LogP contribution in [0.4, 0.5) is 0 Å². The van der Waals surface area contributed by atoms with Crippen LogP contribution in [-0.2, 0) is 17.8 Å². The van der Waals surface area contributed by atoms with Crippen molar-refractivity contribution in [1.82, 2.24) is 15.5 Å². The number of benzene rings is 2. The summed E-state index contributed by atoms with van der Waals surface area (Å²) in [6, 6.07) is 14.8. The Morgan fingerprint density at radius 3 is 2.85 bits per heavy atom. The fourth-order valence-electron chi connectivity index (χ4n) is 2.41. The minimum Gasteiger partial charge on any atom is -0.497 e. The topological polar surface area (TPSA) is 77.3 Å². The van der Waals surface area contributed by atoms with Crippen molar-refractivity contribution in [2.24, 2.45) is 0 Å². The molecule has 3 aromatic rings. The van der Waals surface area contributed by atoms with Crippen LogP contribution in [-0.4, -0.2) is 23.2 Å². The lowest BCUT2D eigenvalue weighted by Gasteiger charge is -2.04. The van der Waals surface area contributed by atoms with Crippen LogP contribution in [0.25, 0.3) is 11.5 Å². The second-order valence-electron chi connectivity index (χ2n) is 5.60. The van der Waals surface area contributed by atoms with Crippen molar-refractivity contribution in [2.45, 2.75) is 19.4 Å². The minimum atomic E-state index is -0.106. The third kappa shape index (κ3) is 4.61. The zero-order chi connectivity index (χ0) is 18.4. The van der Waals surface area contributed by atoms with E-state index in [4.69, 9.17) is 20.8 Å². The van der Waals surface area contributed by atoms with E-state index in [1.54, 1.807) is 13.2 Å². The van der Waals surface area contributed by atoms with Crippen LogP contribution >= 0.6 is 11.6 Å². The van der Waals surface area contributed by atoms with Gasteiger partial charge in [0.1, 0.15) is 5.75 Å². The molecule has 0 aliphatic rings. The molecule has 3 rings (SSSR count). The number of rotatable bonds is 7. The van der Waals surface area contributed by atoms with Gasteiger partial charge in [0.25, 0.3) is 0 Å². The molecule has 1 heterocycles. The number of nitrogens with zero attached hydrogens (tertiary/aromatic N) is 2. The van der Waals surface area contributed by atoms with Crippen molar-refractivity contribution in [3.8, 4) is 17.2 Å². The predicted octanol–water partition coefficient (Wildman–Crippen LogP) is 3.65. The number of carbonyl (C=O) groups excluding carboxylic acids is 1. The second kappa shape index (κ2) is 8.49. The number of carbonyl (C=O) groups is 1. The highest BCUT2D eigenvalue weighted by Gasteiger charge is 2.11. The molecule has 0 fully saturated rings. The van der Waals surface area contributed by atoms with E-state index in [1.807, 2.05) is 42.5 Å². The lowest BCUT2D eigenvalue weighted by atomic mass is 10.1. The summed E-state index contributed by atoms with van der Waals surface area (Å²) >= 11 is 6.09. The van der Waals surface area contributed by atoms with E-state index in [1.165, 1.54) is 0 Å². The molecule has 0 aliphatic carbocycles. The Labute approximate surface area is 156 Å². The molecule has 1 aromatic heterocycles. The minimum absolute atomic E-state index is 0.106. The standard InChI is InChI=1S/C19H18ClN3O3/c1-25-15-7-4-6-14(11-15)19-23-22-18(26-19)12-21-17(24)10-9-13-5-2-3-8-16(13)20/h2-8,11H,9-10,12H2,1H3,(H,21,24). The number of aryl methyl sites for hydroxylation is 1. The quantitative estimate of drug-likeness (QED) is 0.686. The van der Waals surface area contributed by atoms with E-state index in [2.05, 4.69) is 15.5 Å². The van der Waals surface area contributed by atoms with Gasteiger partial charge in [0.05, 0.1) is 13.7 Å². The van der Waals surface area contributed by atoms with Crippen molar-refractivity contribution in [2.75, 3.05) is 7.11 Å². The molecule has 6 nitrogen and oxygen atoms in total. The first-order chi connectivity index (χ1) is 12.7. The van der Waals surface area contributed by atoms with E-state index >= 15 is 0 Å². The molecule has 0 unspecified atom stereocenters. The molecule has 7 heteroatoms. The average molecular weight is 372 g/mol. The summed E-state index contributed by atoms with van der Waals surface area (Å²) in [7, 11) is 1.59. The van der Waals surface area contributed by atoms with E-state index in [-0.39, 0.29) is 12.5 Å². The zero-order valence-electron chi connectivity index (χ0n) is 14.2. The number of hydrogen-bond donors (Lipinski definition) is 1. The van der Waals surface area contributed by atoms with Crippen molar-refractivity contribution < 1.29 is 13.9 Å². The summed E-state index contributed by atoms with van der Waals surface area (Å²) in [6.07, 6.45) is 0.908. The van der Waals surface area contributed by atoms with Crippen LogP contribution < -0.4 is 10.1 Å². The molecule has 26 heavy (non-hydrogen) atoms. The molecular formula is C19H18ClN3O3. The highest BCUT2D eigenvalue weighted by molar-refractivity contribution is 6.31. The van der Waals surface area contributed by atoms with Crippen LogP contribution in [0.3, 0.4) is 0 Å². The number of hydrogen-bond acceptors (Lipinski definition) is 5. The maximum absolute atomic E-state index is 12.0. The molecular weight excluding hydrogens is 354 g/mol. The molecule has 0 aliphatic heterocycles. The number of amides is 1. The largest absolute Gasteiger partial charge is 0.497 e. The molecule has 0 saturated heterocycles. The molecule has 0 radical (unpaired) electrons. The van der Waals surface area contributed by atoms with Gasteiger partial charge in [0.15, 0.2) is 0 Å². The molecule has 0 atom stereocenters. The average Bonchev–Trinajstić information content (AvgIpc) is 3.15. The van der Waals surface area contributed by atoms with Gasteiger partial charge in [0.2, 0.25) is 17.7 Å². The van der Waals surface area contributed by atoms with Crippen LogP contribution in [0, 0.1) is 0 Å². The van der Waals surface area contributed by atoms with Crippen LogP contribution in [0.15, 0.2) is 52.9 Å². The van der Waals surface area contributed by atoms with Crippen LogP contribution in [0.5, 0.6) is 5.75 Å². The van der Waals surface area contributed by atoms with Gasteiger partial charge in [-0.1, -0.05) is 35.9 Å². The lowest BCUT2D eigenvalue weighted by molar-refractivity contribution is -0.121. The maximum atomic E-state index is 12.0. The van der Waals surface area contributed by atoms with E-state index < -0.39 is 0 Å². The van der Waals surface area contributed by atoms with Gasteiger partial charge in [-0.05, 0) is 36.2 Å². The SMILES string of the molecule is COc1cccc(-c2nnc(CNC(=O)CCc3ccccc3Cl)o2)c1. The van der Waals surface area contributed by atoms with Crippen molar-refractivity contribution >= 4 is 17.5 Å². The number of nitrogens with one attached hydrogen (secondary N) is 1. The Hall–Kier alpha value is -2.86. The summed E-state index contributed by atoms with van der Waals surface area (Å²) in [6.45, 7) is 0.179. The number of ether oxygens (including phenoxy) is 1. The predicted molar refractivity (Wildman–Crippen MR) is 97.9 cm³/mol. The van der Waals surface area contributed by atoms with Crippen molar-refractivity contribution in [1.29, 1.82) is 0 Å². The Balaban J connectivity index is 1.53. The van der Waals surface area contributed by atoms with Crippen molar-refractivity contribution in [3.05, 3.63) is 65.0 Å². The van der Waals surface area contributed by atoms with Gasteiger partial charge >= 0.3 is 0 Å². The van der Waals surface area contributed by atoms with Crippen LogP contribution in [0.2, 0.25) is 5.02 Å². The smallest absolute Gasteiger partial charge is 0.247 e. The summed E-state index contributed by atoms with van der Waals surface area (Å²) < 4.78 is 10.8. The Bertz CT molecular complexity index is 895. The summed E-state index contributed by atoms with van der Waals surface area (Å²) in [5, 5.41) is 11.4. The van der Waals surface area contributed by atoms with Crippen molar-refractivity contribution in [3.63, 3.8) is 0 Å². The lowest BCUT2D eigenvalue weighted by Crippen LogP contribution is -2.23. The second-order valence-corrected chi connectivity index (χ2v) is 6.01. The van der Waals surface area contributed by atoms with Gasteiger partial charge in [-0.3, -0.25) is 4.79 Å². The molecule has 134 valence electrons. The normalized spacial score (nSPS) is 10.5. The summed E-state index contributed by atoms with van der Waals surface area (Å²) in [5.41, 5.74) is 1.70. The molecule has 0 spiro atoms. The highest BCUT2D eigenvalue weighted by atomic mass is 35.5. The number of aromatic nitrogens is 2. The van der Waals surface area contributed by atoms with E-state index in [9.17, 15) is 4.79 Å². The monoisotopic (exact) mass is 371 g/mol. The summed E-state index contributed by atoms with van der Waals surface area (Å²) in [4.78, 5) is 12.0. The first-order valence-electron chi connectivity index (χ1n) is 8.12. The Kier molecular flexibility index (Phi) is 5.86. The third-order valence-electron chi connectivity index (χ3n) is 3.80. The van der Waals surface area contributed by atoms with E-state index in [0.717, 1.165) is 11.1 Å². The maximum Gasteiger partial charge on any atom is 0.247 e. The Morgan fingerprint density at radius 2 is 2.04 bits per heavy atom. The third-order valence-corrected chi connectivity index (χ3v) is 4.17. The number of methoxy groups -OCH3 is 1. The van der Waals surface area contributed by atoms with Gasteiger partial charge in [0, 0.05) is 17.0 Å². The first-order valence-corrected chi connectivity index (χ1v) is 8.50. The number of halogens is 1. The Morgan fingerprint density at radius 1 is 1.19 bits per heavy atom. The fraction of sp³-hybridized carbons (Fsp3) is 0.211.